The summed E-state index contributed by atoms with van der Waals surface area (Å²) in [6.45, 7) is 0.237. The Morgan fingerprint density at radius 3 is 2.53 bits per heavy atom. The van der Waals surface area contributed by atoms with Gasteiger partial charge in [-0.1, -0.05) is 11.2 Å². The molecule has 5 rings (SSSR count). The molecule has 0 bridgehead atoms. The Hall–Kier alpha value is -3.69. The number of anilines is 1. The molecule has 1 aromatic heterocycles. The molecule has 0 saturated carbocycles. The van der Waals surface area contributed by atoms with Crippen LogP contribution in [0.4, 0.5) is 5.95 Å². The zero-order chi connectivity index (χ0) is 20.7. The first-order valence-electron chi connectivity index (χ1n) is 9.45. The number of hydrogen-bond donors (Lipinski definition) is 1. The van der Waals surface area contributed by atoms with Crippen LogP contribution in [0.1, 0.15) is 29.6 Å². The summed E-state index contributed by atoms with van der Waals surface area (Å²) in [7, 11) is 4.83. The van der Waals surface area contributed by atoms with Gasteiger partial charge in [-0.3, -0.25) is 0 Å². The highest BCUT2D eigenvalue weighted by Crippen LogP contribution is 2.45. The molecule has 30 heavy (non-hydrogen) atoms. The van der Waals surface area contributed by atoms with Crippen LogP contribution in [0.3, 0.4) is 0 Å². The molecule has 0 fully saturated rings. The first-order chi connectivity index (χ1) is 14.7. The van der Waals surface area contributed by atoms with Crippen molar-refractivity contribution >= 4 is 5.95 Å². The molecular formula is C20H21N5O5. The van der Waals surface area contributed by atoms with Crippen LogP contribution in [0.2, 0.25) is 0 Å². The summed E-state index contributed by atoms with van der Waals surface area (Å²) in [5.74, 6) is 3.94. The Bertz CT molecular complexity index is 1090. The van der Waals surface area contributed by atoms with Gasteiger partial charge in [0.1, 0.15) is 5.75 Å². The quantitative estimate of drug-likeness (QED) is 0.679. The van der Waals surface area contributed by atoms with E-state index in [4.69, 9.17) is 23.7 Å². The minimum Gasteiger partial charge on any atom is -0.496 e. The summed E-state index contributed by atoms with van der Waals surface area (Å²) in [5.41, 5.74) is 1.95. The van der Waals surface area contributed by atoms with Gasteiger partial charge in [0.25, 0.3) is 0 Å². The predicted octanol–water partition coefficient (Wildman–Crippen LogP) is 2.57. The fourth-order valence-electron chi connectivity index (χ4n) is 3.96. The number of hydrogen-bond acceptors (Lipinski definition) is 9. The highest BCUT2D eigenvalue weighted by molar-refractivity contribution is 5.53. The third kappa shape index (κ3) is 2.92. The van der Waals surface area contributed by atoms with Crippen molar-refractivity contribution in [1.82, 2.24) is 20.2 Å². The number of methoxy groups -OCH3 is 3. The van der Waals surface area contributed by atoms with Crippen molar-refractivity contribution in [2.45, 2.75) is 18.5 Å². The standard InChI is InChI=1S/C20H21N5O5/c1-26-16-9-18(28-3)17(27-2)7-12(16)14-8-13(21-20-22-23-24-25(14)20)11-4-5-15-19(6-11)30-10-29-15/h4-7,9,13-14H,8,10H2,1-3H3,(H,21,22,24)/t13-,14-/m0/s1. The summed E-state index contributed by atoms with van der Waals surface area (Å²) in [5, 5.41) is 15.6. The molecule has 3 heterocycles. The summed E-state index contributed by atoms with van der Waals surface area (Å²) in [6.07, 6.45) is 0.684. The minimum atomic E-state index is -0.179. The summed E-state index contributed by atoms with van der Waals surface area (Å²) >= 11 is 0. The Balaban J connectivity index is 1.57. The van der Waals surface area contributed by atoms with E-state index < -0.39 is 0 Å². The third-order valence-electron chi connectivity index (χ3n) is 5.44. The van der Waals surface area contributed by atoms with Gasteiger partial charge in [0.15, 0.2) is 23.0 Å². The van der Waals surface area contributed by atoms with Gasteiger partial charge in [-0.05, 0) is 40.6 Å². The number of aromatic nitrogens is 4. The summed E-state index contributed by atoms with van der Waals surface area (Å²) in [4.78, 5) is 0. The van der Waals surface area contributed by atoms with Crippen LogP contribution in [0, 0.1) is 0 Å². The van der Waals surface area contributed by atoms with Gasteiger partial charge < -0.3 is 29.0 Å². The minimum absolute atomic E-state index is 0.0409. The molecule has 0 amide bonds. The highest BCUT2D eigenvalue weighted by Gasteiger charge is 2.34. The van der Waals surface area contributed by atoms with E-state index in [2.05, 4.69) is 20.8 Å². The number of ether oxygens (including phenoxy) is 5. The van der Waals surface area contributed by atoms with Gasteiger partial charge in [0.05, 0.1) is 33.4 Å². The fourth-order valence-corrected chi connectivity index (χ4v) is 3.96. The molecule has 2 atom stereocenters. The normalized spacial score (nSPS) is 19.0. The third-order valence-corrected chi connectivity index (χ3v) is 5.44. The van der Waals surface area contributed by atoms with Gasteiger partial charge in [-0.15, -0.1) is 0 Å². The SMILES string of the molecule is COc1cc(OC)c([C@@H]2C[C@@H](c3ccc4c(c3)OCO4)Nc3nnnn32)cc1OC. The molecule has 2 aliphatic rings. The molecule has 0 radical (unpaired) electrons. The van der Waals surface area contributed by atoms with Crippen molar-refractivity contribution < 1.29 is 23.7 Å². The molecule has 10 nitrogen and oxygen atoms in total. The lowest BCUT2D eigenvalue weighted by Crippen LogP contribution is -2.28. The van der Waals surface area contributed by atoms with E-state index in [9.17, 15) is 0 Å². The number of rotatable bonds is 5. The van der Waals surface area contributed by atoms with Crippen LogP contribution in [0.5, 0.6) is 28.7 Å². The molecule has 2 aliphatic heterocycles. The van der Waals surface area contributed by atoms with Crippen molar-refractivity contribution in [3.05, 3.63) is 41.5 Å². The maximum Gasteiger partial charge on any atom is 0.243 e. The van der Waals surface area contributed by atoms with Crippen LogP contribution in [-0.4, -0.2) is 48.3 Å². The lowest BCUT2D eigenvalue weighted by molar-refractivity contribution is 0.174. The van der Waals surface area contributed by atoms with E-state index in [1.165, 1.54) is 0 Å². The van der Waals surface area contributed by atoms with E-state index in [0.717, 1.165) is 22.6 Å². The molecule has 2 aromatic carbocycles. The zero-order valence-corrected chi connectivity index (χ0v) is 16.8. The zero-order valence-electron chi connectivity index (χ0n) is 16.8. The van der Waals surface area contributed by atoms with Gasteiger partial charge in [0, 0.05) is 11.6 Å². The second-order valence-corrected chi connectivity index (χ2v) is 6.96. The number of tetrazole rings is 1. The van der Waals surface area contributed by atoms with Crippen LogP contribution in [0.25, 0.3) is 0 Å². The maximum absolute atomic E-state index is 5.66. The molecule has 3 aromatic rings. The van der Waals surface area contributed by atoms with E-state index in [1.54, 1.807) is 26.0 Å². The largest absolute Gasteiger partial charge is 0.496 e. The summed E-state index contributed by atoms with van der Waals surface area (Å²) < 4.78 is 29.3. The van der Waals surface area contributed by atoms with Crippen LogP contribution in [-0.2, 0) is 0 Å². The monoisotopic (exact) mass is 411 g/mol. The number of fused-ring (bicyclic) bond motifs is 2. The number of nitrogens with one attached hydrogen (secondary N) is 1. The van der Waals surface area contributed by atoms with Crippen molar-refractivity contribution in [2.24, 2.45) is 0 Å². The van der Waals surface area contributed by atoms with Crippen molar-refractivity contribution in [3.8, 4) is 28.7 Å². The van der Waals surface area contributed by atoms with Gasteiger partial charge in [-0.2, -0.15) is 0 Å². The first kappa shape index (κ1) is 18.3. The van der Waals surface area contributed by atoms with Crippen molar-refractivity contribution in [3.63, 3.8) is 0 Å². The molecular weight excluding hydrogens is 390 g/mol. The van der Waals surface area contributed by atoms with Crippen LogP contribution >= 0.6 is 0 Å². The fraction of sp³-hybridized carbons (Fsp3) is 0.350. The van der Waals surface area contributed by atoms with E-state index in [-0.39, 0.29) is 18.9 Å². The lowest BCUT2D eigenvalue weighted by Gasteiger charge is -2.32. The Kier molecular flexibility index (Phi) is 4.46. The Morgan fingerprint density at radius 2 is 1.73 bits per heavy atom. The van der Waals surface area contributed by atoms with E-state index in [1.807, 2.05) is 30.3 Å². The first-order valence-corrected chi connectivity index (χ1v) is 9.45. The van der Waals surface area contributed by atoms with Gasteiger partial charge in [-0.25, -0.2) is 4.68 Å². The number of nitrogens with zero attached hydrogens (tertiary/aromatic N) is 4. The molecule has 0 aliphatic carbocycles. The van der Waals surface area contributed by atoms with E-state index >= 15 is 0 Å². The average Bonchev–Trinajstić information content (AvgIpc) is 3.46. The molecule has 156 valence electrons. The summed E-state index contributed by atoms with van der Waals surface area (Å²) in [6, 6.07) is 9.44. The Morgan fingerprint density at radius 1 is 0.967 bits per heavy atom. The highest BCUT2D eigenvalue weighted by atomic mass is 16.7. The van der Waals surface area contributed by atoms with Crippen molar-refractivity contribution in [1.29, 1.82) is 0 Å². The van der Waals surface area contributed by atoms with Gasteiger partial charge in [0.2, 0.25) is 12.7 Å². The van der Waals surface area contributed by atoms with Crippen molar-refractivity contribution in [2.75, 3.05) is 33.4 Å². The smallest absolute Gasteiger partial charge is 0.243 e. The Labute approximate surface area is 172 Å². The molecule has 1 N–H and O–H groups in total. The lowest BCUT2D eigenvalue weighted by atomic mass is 9.92. The molecule has 0 spiro atoms. The average molecular weight is 411 g/mol. The topological polar surface area (TPSA) is 102 Å². The van der Waals surface area contributed by atoms with E-state index in [0.29, 0.717) is 29.6 Å². The predicted molar refractivity (Wildman–Crippen MR) is 106 cm³/mol. The maximum atomic E-state index is 5.66. The molecule has 0 saturated heterocycles. The number of benzene rings is 2. The van der Waals surface area contributed by atoms with Crippen LogP contribution in [0.15, 0.2) is 30.3 Å². The second kappa shape index (κ2) is 7.29. The molecule has 0 unspecified atom stereocenters. The van der Waals surface area contributed by atoms with Gasteiger partial charge >= 0.3 is 0 Å². The molecule has 10 heteroatoms. The van der Waals surface area contributed by atoms with Crippen LogP contribution < -0.4 is 29.0 Å². The second-order valence-electron chi connectivity index (χ2n) is 6.96.